The maximum atomic E-state index is 5.85. The van der Waals surface area contributed by atoms with E-state index in [0.29, 0.717) is 11.8 Å². The van der Waals surface area contributed by atoms with Crippen LogP contribution in [0.25, 0.3) is 0 Å². The molecule has 1 aliphatic carbocycles. The first kappa shape index (κ1) is 13.0. The molecule has 0 bridgehead atoms. The fourth-order valence-electron chi connectivity index (χ4n) is 1.85. The summed E-state index contributed by atoms with van der Waals surface area (Å²) < 4.78 is 12.1. The second-order valence-electron chi connectivity index (χ2n) is 4.35. The van der Waals surface area contributed by atoms with Crippen LogP contribution in [0.4, 0.5) is 0 Å². The van der Waals surface area contributed by atoms with E-state index in [2.05, 4.69) is 15.9 Å². The SMILES string of the molecule is COc1cc(CCl)cc(Br)c1OCC1CCC1. The Morgan fingerprint density at radius 1 is 1.41 bits per heavy atom. The number of hydrogen-bond acceptors (Lipinski definition) is 2. The molecule has 2 rings (SSSR count). The van der Waals surface area contributed by atoms with Gasteiger partial charge >= 0.3 is 0 Å². The fourth-order valence-corrected chi connectivity index (χ4v) is 2.61. The number of alkyl halides is 1. The second kappa shape index (κ2) is 5.96. The van der Waals surface area contributed by atoms with E-state index in [-0.39, 0.29) is 0 Å². The first-order valence-electron chi connectivity index (χ1n) is 5.79. The van der Waals surface area contributed by atoms with Crippen LogP contribution in [0, 0.1) is 5.92 Å². The van der Waals surface area contributed by atoms with E-state index in [9.17, 15) is 0 Å². The van der Waals surface area contributed by atoms with Crippen molar-refractivity contribution >= 4 is 27.5 Å². The number of methoxy groups -OCH3 is 1. The Balaban J connectivity index is 2.12. The van der Waals surface area contributed by atoms with E-state index in [1.807, 2.05) is 12.1 Å². The van der Waals surface area contributed by atoms with Crippen molar-refractivity contribution in [2.45, 2.75) is 25.1 Å². The van der Waals surface area contributed by atoms with E-state index in [0.717, 1.165) is 28.1 Å². The molecule has 2 nitrogen and oxygen atoms in total. The second-order valence-corrected chi connectivity index (χ2v) is 5.47. The monoisotopic (exact) mass is 318 g/mol. The van der Waals surface area contributed by atoms with Crippen LogP contribution in [0.1, 0.15) is 24.8 Å². The van der Waals surface area contributed by atoms with E-state index >= 15 is 0 Å². The third-order valence-electron chi connectivity index (χ3n) is 3.13. The van der Waals surface area contributed by atoms with Crippen LogP contribution < -0.4 is 9.47 Å². The van der Waals surface area contributed by atoms with Crippen molar-refractivity contribution in [1.82, 2.24) is 0 Å². The fraction of sp³-hybridized carbons (Fsp3) is 0.538. The summed E-state index contributed by atoms with van der Waals surface area (Å²) in [7, 11) is 1.65. The maximum absolute atomic E-state index is 5.85. The molecule has 1 fully saturated rings. The van der Waals surface area contributed by atoms with E-state index < -0.39 is 0 Å². The van der Waals surface area contributed by atoms with Gasteiger partial charge < -0.3 is 9.47 Å². The van der Waals surface area contributed by atoms with E-state index in [4.69, 9.17) is 21.1 Å². The molecule has 1 aromatic carbocycles. The zero-order chi connectivity index (χ0) is 12.3. The van der Waals surface area contributed by atoms with Crippen LogP contribution in [0.15, 0.2) is 16.6 Å². The summed E-state index contributed by atoms with van der Waals surface area (Å²) in [5.41, 5.74) is 1.02. The summed E-state index contributed by atoms with van der Waals surface area (Å²) in [6.45, 7) is 0.773. The molecule has 0 unspecified atom stereocenters. The van der Waals surface area contributed by atoms with E-state index in [1.54, 1.807) is 7.11 Å². The van der Waals surface area contributed by atoms with Gasteiger partial charge in [-0.3, -0.25) is 0 Å². The minimum atomic E-state index is 0.470. The Morgan fingerprint density at radius 3 is 2.71 bits per heavy atom. The lowest BCUT2D eigenvalue weighted by atomic mass is 9.86. The largest absolute Gasteiger partial charge is 0.493 e. The highest BCUT2D eigenvalue weighted by Crippen LogP contribution is 2.38. The average molecular weight is 320 g/mol. The summed E-state index contributed by atoms with van der Waals surface area (Å²) in [6, 6.07) is 3.90. The molecule has 4 heteroatoms. The summed E-state index contributed by atoms with van der Waals surface area (Å²) in [5.74, 6) is 2.71. The number of rotatable bonds is 5. The topological polar surface area (TPSA) is 18.5 Å². The molecule has 17 heavy (non-hydrogen) atoms. The van der Waals surface area contributed by atoms with Crippen LogP contribution in [0.5, 0.6) is 11.5 Å². The van der Waals surface area contributed by atoms with Crippen LogP contribution in [-0.4, -0.2) is 13.7 Å². The van der Waals surface area contributed by atoms with Gasteiger partial charge in [0.05, 0.1) is 18.2 Å². The lowest BCUT2D eigenvalue weighted by Gasteiger charge is -2.26. The third kappa shape index (κ3) is 3.08. The zero-order valence-corrected chi connectivity index (χ0v) is 12.2. The van der Waals surface area contributed by atoms with Crippen molar-refractivity contribution in [3.63, 3.8) is 0 Å². The third-order valence-corrected chi connectivity index (χ3v) is 4.03. The standard InChI is InChI=1S/C13H16BrClO2/c1-16-12-6-10(7-15)5-11(14)13(12)17-8-9-3-2-4-9/h5-6,9H,2-4,7-8H2,1H3. The van der Waals surface area contributed by atoms with Gasteiger partial charge in [-0.05, 0) is 52.4 Å². The van der Waals surface area contributed by atoms with Gasteiger partial charge in [-0.15, -0.1) is 11.6 Å². The summed E-state index contributed by atoms with van der Waals surface area (Å²) in [6.07, 6.45) is 3.89. The van der Waals surface area contributed by atoms with E-state index in [1.165, 1.54) is 19.3 Å². The van der Waals surface area contributed by atoms with Crippen LogP contribution >= 0.6 is 27.5 Å². The minimum Gasteiger partial charge on any atom is -0.493 e. The quantitative estimate of drug-likeness (QED) is 0.750. The highest BCUT2D eigenvalue weighted by Gasteiger charge is 2.20. The zero-order valence-electron chi connectivity index (χ0n) is 9.84. The lowest BCUT2D eigenvalue weighted by Crippen LogP contribution is -2.19. The van der Waals surface area contributed by atoms with Gasteiger partial charge in [-0.2, -0.15) is 0 Å². The first-order chi connectivity index (χ1) is 8.24. The van der Waals surface area contributed by atoms with Gasteiger partial charge in [-0.25, -0.2) is 0 Å². The molecule has 1 aliphatic rings. The van der Waals surface area contributed by atoms with Crippen molar-refractivity contribution in [3.8, 4) is 11.5 Å². The van der Waals surface area contributed by atoms with Crippen LogP contribution in [0.3, 0.4) is 0 Å². The van der Waals surface area contributed by atoms with Gasteiger partial charge in [0.1, 0.15) is 0 Å². The normalized spacial score (nSPS) is 15.5. The molecule has 0 N–H and O–H groups in total. The summed E-state index contributed by atoms with van der Waals surface area (Å²) in [4.78, 5) is 0. The predicted molar refractivity (Wildman–Crippen MR) is 73.1 cm³/mol. The molecule has 0 spiro atoms. The highest BCUT2D eigenvalue weighted by molar-refractivity contribution is 9.10. The number of ether oxygens (including phenoxy) is 2. The molecule has 1 aromatic rings. The molecular formula is C13H16BrClO2. The van der Waals surface area contributed by atoms with Gasteiger partial charge in [0.2, 0.25) is 0 Å². The van der Waals surface area contributed by atoms with Crippen LogP contribution in [0.2, 0.25) is 0 Å². The highest BCUT2D eigenvalue weighted by atomic mass is 79.9. The number of halogens is 2. The molecule has 0 heterocycles. The Bertz CT molecular complexity index is 391. The maximum Gasteiger partial charge on any atom is 0.175 e. The molecule has 0 atom stereocenters. The van der Waals surface area contributed by atoms with Crippen LogP contribution in [-0.2, 0) is 5.88 Å². The van der Waals surface area contributed by atoms with Crippen molar-refractivity contribution in [1.29, 1.82) is 0 Å². The van der Waals surface area contributed by atoms with Crippen molar-refractivity contribution in [2.24, 2.45) is 5.92 Å². The van der Waals surface area contributed by atoms with Crippen molar-refractivity contribution in [3.05, 3.63) is 22.2 Å². The van der Waals surface area contributed by atoms with Gasteiger partial charge in [0.25, 0.3) is 0 Å². The molecular weight excluding hydrogens is 303 g/mol. The summed E-state index contributed by atoms with van der Waals surface area (Å²) >= 11 is 9.33. The Morgan fingerprint density at radius 2 is 2.18 bits per heavy atom. The smallest absolute Gasteiger partial charge is 0.175 e. The lowest BCUT2D eigenvalue weighted by molar-refractivity contribution is 0.175. The molecule has 0 aliphatic heterocycles. The van der Waals surface area contributed by atoms with Gasteiger partial charge in [-0.1, -0.05) is 6.42 Å². The van der Waals surface area contributed by atoms with Gasteiger partial charge in [0.15, 0.2) is 11.5 Å². The van der Waals surface area contributed by atoms with Crippen molar-refractivity contribution < 1.29 is 9.47 Å². The Labute approximate surface area is 115 Å². The Kier molecular flexibility index (Phi) is 4.57. The number of benzene rings is 1. The Hall–Kier alpha value is -0.410. The van der Waals surface area contributed by atoms with Crippen molar-refractivity contribution in [2.75, 3.05) is 13.7 Å². The average Bonchev–Trinajstić information content (AvgIpc) is 2.28. The number of hydrogen-bond donors (Lipinski definition) is 0. The molecule has 0 radical (unpaired) electrons. The molecule has 94 valence electrons. The molecule has 1 saturated carbocycles. The minimum absolute atomic E-state index is 0.470. The van der Waals surface area contributed by atoms with Gasteiger partial charge in [0, 0.05) is 5.88 Å². The molecule has 0 amide bonds. The first-order valence-corrected chi connectivity index (χ1v) is 7.12. The predicted octanol–water partition coefficient (Wildman–Crippen LogP) is 4.38. The summed E-state index contributed by atoms with van der Waals surface area (Å²) in [5, 5.41) is 0. The molecule has 0 aromatic heterocycles. The molecule has 0 saturated heterocycles.